The highest BCUT2D eigenvalue weighted by Crippen LogP contribution is 2.24. The van der Waals surface area contributed by atoms with Crippen LogP contribution in [-0.4, -0.2) is 82.4 Å². The maximum absolute atomic E-state index is 12.9. The van der Waals surface area contributed by atoms with Crippen LogP contribution >= 0.6 is 0 Å². The van der Waals surface area contributed by atoms with Crippen LogP contribution in [0, 0.1) is 13.8 Å². The zero-order valence-electron chi connectivity index (χ0n) is 18.6. The van der Waals surface area contributed by atoms with Gasteiger partial charge in [0.1, 0.15) is 0 Å². The third kappa shape index (κ3) is 3.88. The van der Waals surface area contributed by atoms with Gasteiger partial charge < -0.3 is 4.90 Å². The third-order valence-corrected chi connectivity index (χ3v) is 8.75. The number of piperazine rings is 1. The number of rotatable bonds is 4. The molecule has 4 heterocycles. The van der Waals surface area contributed by atoms with E-state index in [4.69, 9.17) is 10.1 Å². The highest BCUT2D eigenvalue weighted by atomic mass is 32.2. The first-order valence-corrected chi connectivity index (χ1v) is 13.1. The molecule has 1 atom stereocenters. The maximum atomic E-state index is 12.9. The summed E-state index contributed by atoms with van der Waals surface area (Å²) >= 11 is 0. The van der Waals surface area contributed by atoms with Crippen molar-refractivity contribution in [1.82, 2.24) is 24.4 Å². The predicted molar refractivity (Wildman–Crippen MR) is 123 cm³/mol. The molecule has 0 spiro atoms. The number of nitrogens with zero attached hydrogens (tertiary/aromatic N) is 5. The number of fused-ring (bicyclic) bond motifs is 3. The van der Waals surface area contributed by atoms with E-state index in [1.54, 1.807) is 0 Å². The minimum Gasteiger partial charge on any atom is -0.340 e. The molecule has 0 N–H and O–H groups in total. The van der Waals surface area contributed by atoms with Gasteiger partial charge in [-0.2, -0.15) is 5.10 Å². The van der Waals surface area contributed by atoms with Crippen LogP contribution in [0.1, 0.15) is 29.8 Å². The first-order valence-electron chi connectivity index (χ1n) is 11.3. The summed E-state index contributed by atoms with van der Waals surface area (Å²) in [6, 6.07) is 8.11. The molecule has 0 radical (unpaired) electrons. The summed E-state index contributed by atoms with van der Waals surface area (Å²) in [5, 5.41) is 5.74. The molecule has 1 aromatic carbocycles. The van der Waals surface area contributed by atoms with Crippen LogP contribution in [0.4, 0.5) is 0 Å². The van der Waals surface area contributed by atoms with Crippen LogP contribution in [0.2, 0.25) is 0 Å². The van der Waals surface area contributed by atoms with Crippen LogP contribution in [-0.2, 0) is 21.1 Å². The average molecular weight is 456 g/mol. The molecule has 2 saturated heterocycles. The van der Waals surface area contributed by atoms with Gasteiger partial charge in [0, 0.05) is 55.4 Å². The van der Waals surface area contributed by atoms with E-state index in [0.29, 0.717) is 38.1 Å². The zero-order chi connectivity index (χ0) is 22.5. The van der Waals surface area contributed by atoms with Gasteiger partial charge in [-0.05, 0) is 44.4 Å². The summed E-state index contributed by atoms with van der Waals surface area (Å²) in [5.41, 5.74) is 4.83. The molecule has 9 heteroatoms. The lowest BCUT2D eigenvalue weighted by Gasteiger charge is -2.37. The van der Waals surface area contributed by atoms with Crippen LogP contribution < -0.4 is 0 Å². The molecule has 0 saturated carbocycles. The molecule has 170 valence electrons. The third-order valence-electron chi connectivity index (χ3n) is 7.00. The van der Waals surface area contributed by atoms with Gasteiger partial charge in [0.25, 0.3) is 0 Å². The summed E-state index contributed by atoms with van der Waals surface area (Å²) < 4.78 is 25.4. The van der Waals surface area contributed by atoms with Gasteiger partial charge in [0.2, 0.25) is 5.91 Å². The first-order chi connectivity index (χ1) is 15.3. The van der Waals surface area contributed by atoms with Gasteiger partial charge in [-0.25, -0.2) is 17.9 Å². The molecular weight excluding hydrogens is 426 g/mol. The number of hydrogen-bond donors (Lipinski definition) is 0. The number of aromatic nitrogens is 3. The molecule has 0 aliphatic carbocycles. The van der Waals surface area contributed by atoms with Crippen molar-refractivity contribution in [1.29, 1.82) is 0 Å². The van der Waals surface area contributed by atoms with Crippen LogP contribution in [0.5, 0.6) is 0 Å². The van der Waals surface area contributed by atoms with Crippen molar-refractivity contribution in [3.63, 3.8) is 0 Å². The number of sulfone groups is 1. The molecule has 0 bridgehead atoms. The monoisotopic (exact) mass is 455 g/mol. The standard InChI is InChI=1S/C23H29N5O3S/c1-16-19(17(2)28-23(24-16)20-5-3-4-6-21(20)25-28)7-8-22(29)27-12-10-26(11-13-27)18-9-14-32(30,31)15-18/h3-6,18H,7-15H2,1-2H3. The van der Waals surface area contributed by atoms with Gasteiger partial charge in [0.15, 0.2) is 15.5 Å². The van der Waals surface area contributed by atoms with Crippen molar-refractivity contribution in [2.24, 2.45) is 0 Å². The second-order valence-corrected chi connectivity index (χ2v) is 11.2. The molecule has 32 heavy (non-hydrogen) atoms. The van der Waals surface area contributed by atoms with E-state index in [-0.39, 0.29) is 17.7 Å². The highest BCUT2D eigenvalue weighted by molar-refractivity contribution is 7.91. The van der Waals surface area contributed by atoms with E-state index in [9.17, 15) is 13.2 Å². The molecule has 2 aliphatic heterocycles. The van der Waals surface area contributed by atoms with Gasteiger partial charge >= 0.3 is 0 Å². The Morgan fingerprint density at radius 2 is 1.88 bits per heavy atom. The summed E-state index contributed by atoms with van der Waals surface area (Å²) in [4.78, 5) is 21.9. The molecule has 5 rings (SSSR count). The van der Waals surface area contributed by atoms with Crippen molar-refractivity contribution < 1.29 is 13.2 Å². The van der Waals surface area contributed by atoms with Crippen molar-refractivity contribution in [3.05, 3.63) is 41.2 Å². The number of carbonyl (C=O) groups is 1. The summed E-state index contributed by atoms with van der Waals surface area (Å²) in [5.74, 6) is 0.699. The Morgan fingerprint density at radius 1 is 1.12 bits per heavy atom. The summed E-state index contributed by atoms with van der Waals surface area (Å²) in [6.07, 6.45) is 1.79. The summed E-state index contributed by atoms with van der Waals surface area (Å²) in [7, 11) is -2.88. The Morgan fingerprint density at radius 3 is 2.59 bits per heavy atom. The number of hydrogen-bond acceptors (Lipinski definition) is 6. The lowest BCUT2D eigenvalue weighted by molar-refractivity contribution is -0.133. The maximum Gasteiger partial charge on any atom is 0.222 e. The largest absolute Gasteiger partial charge is 0.340 e. The quantitative estimate of drug-likeness (QED) is 0.596. The van der Waals surface area contributed by atoms with Gasteiger partial charge in [-0.1, -0.05) is 12.1 Å². The van der Waals surface area contributed by atoms with Gasteiger partial charge in [-0.15, -0.1) is 0 Å². The van der Waals surface area contributed by atoms with Crippen molar-refractivity contribution >= 4 is 32.3 Å². The van der Waals surface area contributed by atoms with E-state index >= 15 is 0 Å². The Kier molecular flexibility index (Phi) is 5.41. The van der Waals surface area contributed by atoms with E-state index in [1.165, 1.54) is 0 Å². The second-order valence-electron chi connectivity index (χ2n) is 8.99. The molecule has 1 amide bonds. The van der Waals surface area contributed by atoms with E-state index in [0.717, 1.165) is 46.6 Å². The van der Waals surface area contributed by atoms with Crippen molar-refractivity contribution in [3.8, 4) is 0 Å². The van der Waals surface area contributed by atoms with Crippen LogP contribution in [0.15, 0.2) is 24.3 Å². The fourth-order valence-corrected chi connectivity index (χ4v) is 6.89. The number of amides is 1. The number of aryl methyl sites for hydroxylation is 2. The smallest absolute Gasteiger partial charge is 0.222 e. The van der Waals surface area contributed by atoms with Gasteiger partial charge in [0.05, 0.1) is 17.0 Å². The van der Waals surface area contributed by atoms with E-state index in [1.807, 2.05) is 47.5 Å². The number of carbonyl (C=O) groups excluding carboxylic acids is 1. The second kappa shape index (κ2) is 8.12. The van der Waals surface area contributed by atoms with E-state index < -0.39 is 9.84 Å². The fourth-order valence-electron chi connectivity index (χ4n) is 5.13. The first kappa shape index (κ1) is 21.3. The lowest BCUT2D eigenvalue weighted by atomic mass is 10.1. The SMILES string of the molecule is Cc1nc2c3ccccc3nn2c(C)c1CCC(=O)N1CCN(C2CCS(=O)(=O)C2)CC1. The molecule has 2 aromatic heterocycles. The Bertz CT molecular complexity index is 1290. The average Bonchev–Trinajstić information content (AvgIpc) is 3.33. The molecule has 8 nitrogen and oxygen atoms in total. The minimum absolute atomic E-state index is 0.116. The predicted octanol–water partition coefficient (Wildman–Crippen LogP) is 1.76. The molecule has 1 unspecified atom stereocenters. The summed E-state index contributed by atoms with van der Waals surface area (Å²) in [6.45, 7) is 6.86. The molecule has 2 aliphatic rings. The van der Waals surface area contributed by atoms with Gasteiger partial charge in [-0.3, -0.25) is 9.69 Å². The zero-order valence-corrected chi connectivity index (χ0v) is 19.4. The topological polar surface area (TPSA) is 87.9 Å². The number of benzene rings is 1. The van der Waals surface area contributed by atoms with Crippen molar-refractivity contribution in [2.45, 2.75) is 39.2 Å². The molecule has 3 aromatic rings. The minimum atomic E-state index is -2.88. The normalized spacial score (nSPS) is 21.6. The Labute approximate surface area is 188 Å². The van der Waals surface area contributed by atoms with Crippen molar-refractivity contribution in [2.75, 3.05) is 37.7 Å². The van der Waals surface area contributed by atoms with Crippen LogP contribution in [0.3, 0.4) is 0 Å². The molecular formula is C23H29N5O3S. The fraction of sp³-hybridized carbons (Fsp3) is 0.522. The van der Waals surface area contributed by atoms with Crippen LogP contribution in [0.25, 0.3) is 16.6 Å². The Hall–Kier alpha value is -2.52. The molecule has 2 fully saturated rings. The van der Waals surface area contributed by atoms with E-state index in [2.05, 4.69) is 4.90 Å². The lowest BCUT2D eigenvalue weighted by Crippen LogP contribution is -2.52. The Balaban J connectivity index is 1.24. The highest BCUT2D eigenvalue weighted by Gasteiger charge is 2.34.